The average Bonchev–Trinajstić information content (AvgIpc) is 2.79. The predicted molar refractivity (Wildman–Crippen MR) is 125 cm³/mol. The number of nitrogens with zero attached hydrogens (tertiary/aromatic N) is 1. The number of carbonyl (C=O) groups excluding carboxylic acids is 1. The summed E-state index contributed by atoms with van der Waals surface area (Å²) in [6.45, 7) is -0.333. The quantitative estimate of drug-likeness (QED) is 0.552. The van der Waals surface area contributed by atoms with Gasteiger partial charge in [-0.1, -0.05) is 42.5 Å². The largest absolute Gasteiger partial charge is 0.493 e. The molecule has 1 aliphatic carbocycles. The summed E-state index contributed by atoms with van der Waals surface area (Å²) in [6.07, 6.45) is 4.26. The number of nitrogens with one attached hydrogen (secondary N) is 1. The molecule has 0 bridgehead atoms. The number of amides is 1. The van der Waals surface area contributed by atoms with Crippen molar-refractivity contribution >= 4 is 44.8 Å². The third-order valence-corrected chi connectivity index (χ3v) is 7.89. The normalized spacial score (nSPS) is 14.9. The van der Waals surface area contributed by atoms with Crippen molar-refractivity contribution in [2.24, 2.45) is 0 Å². The van der Waals surface area contributed by atoms with Crippen molar-refractivity contribution in [2.75, 3.05) is 26.1 Å². The predicted octanol–water partition coefficient (Wildman–Crippen LogP) is 4.97. The van der Waals surface area contributed by atoms with Gasteiger partial charge < -0.3 is 14.8 Å². The Morgan fingerprint density at radius 2 is 1.72 bits per heavy atom. The number of sulfonamides is 1. The van der Waals surface area contributed by atoms with E-state index in [2.05, 4.69) is 5.32 Å². The highest BCUT2D eigenvalue weighted by Crippen LogP contribution is 2.33. The topological polar surface area (TPSA) is 84.9 Å². The number of hydrogen-bond acceptors (Lipinski definition) is 5. The number of benzene rings is 2. The van der Waals surface area contributed by atoms with Crippen LogP contribution in [0.1, 0.15) is 32.1 Å². The monoisotopic (exact) mass is 500 g/mol. The first-order valence-corrected chi connectivity index (χ1v) is 12.4. The van der Waals surface area contributed by atoms with Gasteiger partial charge >= 0.3 is 0 Å². The molecule has 0 radical (unpaired) electrons. The van der Waals surface area contributed by atoms with Crippen LogP contribution in [-0.2, 0) is 14.8 Å². The van der Waals surface area contributed by atoms with E-state index in [1.54, 1.807) is 18.2 Å². The lowest BCUT2D eigenvalue weighted by molar-refractivity contribution is -0.116. The van der Waals surface area contributed by atoms with Crippen LogP contribution in [-0.4, -0.2) is 45.4 Å². The van der Waals surface area contributed by atoms with E-state index >= 15 is 0 Å². The van der Waals surface area contributed by atoms with E-state index in [4.69, 9.17) is 32.7 Å². The van der Waals surface area contributed by atoms with Gasteiger partial charge in [0.05, 0.1) is 36.4 Å². The standard InChI is InChI=1S/C22H26Cl2N2O5S/c1-30-20-11-9-17(13-21(20)31-2)32(28,29)26(16-6-4-3-5-7-16)14-22(27)25-19-10-8-15(23)12-18(19)24/h8-13,16H,3-7,14H2,1-2H3,(H,25,27). The van der Waals surface area contributed by atoms with Gasteiger partial charge in [0, 0.05) is 17.1 Å². The number of ether oxygens (including phenoxy) is 2. The minimum Gasteiger partial charge on any atom is -0.493 e. The molecule has 0 aliphatic heterocycles. The summed E-state index contributed by atoms with van der Waals surface area (Å²) < 4.78 is 39.0. The lowest BCUT2D eigenvalue weighted by Gasteiger charge is -2.33. The molecule has 2 aromatic carbocycles. The Balaban J connectivity index is 1.90. The molecule has 32 heavy (non-hydrogen) atoms. The second-order valence-corrected chi connectivity index (χ2v) is 10.3. The van der Waals surface area contributed by atoms with Crippen LogP contribution in [0.2, 0.25) is 10.0 Å². The maximum Gasteiger partial charge on any atom is 0.243 e. The van der Waals surface area contributed by atoms with E-state index in [1.165, 1.54) is 36.7 Å². The first-order chi connectivity index (χ1) is 15.3. The highest BCUT2D eigenvalue weighted by molar-refractivity contribution is 7.89. The lowest BCUT2D eigenvalue weighted by atomic mass is 9.95. The number of carbonyl (C=O) groups is 1. The van der Waals surface area contributed by atoms with E-state index in [-0.39, 0.29) is 22.5 Å². The third-order valence-electron chi connectivity index (χ3n) is 5.45. The molecule has 7 nitrogen and oxygen atoms in total. The summed E-state index contributed by atoms with van der Waals surface area (Å²) in [7, 11) is -1.06. The summed E-state index contributed by atoms with van der Waals surface area (Å²) >= 11 is 12.1. The molecule has 2 aromatic rings. The van der Waals surface area contributed by atoms with Gasteiger partial charge in [-0.2, -0.15) is 4.31 Å². The van der Waals surface area contributed by atoms with Crippen molar-refractivity contribution in [3.63, 3.8) is 0 Å². The van der Waals surface area contributed by atoms with Gasteiger partial charge in [0.1, 0.15) is 0 Å². The van der Waals surface area contributed by atoms with Crippen molar-refractivity contribution < 1.29 is 22.7 Å². The molecule has 0 aromatic heterocycles. The van der Waals surface area contributed by atoms with Crippen molar-refractivity contribution in [3.8, 4) is 11.5 Å². The van der Waals surface area contributed by atoms with Crippen molar-refractivity contribution in [3.05, 3.63) is 46.4 Å². The van der Waals surface area contributed by atoms with Crippen LogP contribution in [0.25, 0.3) is 0 Å². The van der Waals surface area contributed by atoms with E-state index < -0.39 is 15.9 Å². The second-order valence-electron chi connectivity index (χ2n) is 7.53. The third kappa shape index (κ3) is 5.67. The second kappa shape index (κ2) is 10.7. The van der Waals surface area contributed by atoms with Crippen molar-refractivity contribution in [1.29, 1.82) is 0 Å². The number of halogens is 2. The van der Waals surface area contributed by atoms with Crippen LogP contribution in [0.5, 0.6) is 11.5 Å². The summed E-state index contributed by atoms with van der Waals surface area (Å²) in [5, 5.41) is 3.40. The Bertz CT molecular complexity index is 1070. The lowest BCUT2D eigenvalue weighted by Crippen LogP contribution is -2.45. The van der Waals surface area contributed by atoms with Gasteiger partial charge in [0.2, 0.25) is 15.9 Å². The molecule has 1 amide bonds. The fourth-order valence-corrected chi connectivity index (χ4v) is 5.93. The zero-order valence-electron chi connectivity index (χ0n) is 17.9. The molecule has 1 N–H and O–H groups in total. The number of rotatable bonds is 8. The Kier molecular flexibility index (Phi) is 8.27. The first-order valence-electron chi connectivity index (χ1n) is 10.2. The molecule has 0 heterocycles. The average molecular weight is 501 g/mol. The molecule has 1 saturated carbocycles. The summed E-state index contributed by atoms with van der Waals surface area (Å²) in [5.41, 5.74) is 0.369. The van der Waals surface area contributed by atoms with Gasteiger partial charge in [0.25, 0.3) is 0 Å². The van der Waals surface area contributed by atoms with Crippen molar-refractivity contribution in [2.45, 2.75) is 43.0 Å². The number of anilines is 1. The molecular formula is C22H26Cl2N2O5S. The minimum atomic E-state index is -3.98. The minimum absolute atomic E-state index is 0.0399. The van der Waals surface area contributed by atoms with Gasteiger partial charge in [-0.05, 0) is 43.2 Å². The molecule has 0 saturated heterocycles. The summed E-state index contributed by atoms with van der Waals surface area (Å²) in [6, 6.07) is 8.83. The van der Waals surface area contributed by atoms with Crippen LogP contribution in [0.4, 0.5) is 5.69 Å². The number of hydrogen-bond donors (Lipinski definition) is 1. The fourth-order valence-electron chi connectivity index (χ4n) is 3.81. The van der Waals surface area contributed by atoms with Crippen molar-refractivity contribution in [1.82, 2.24) is 4.31 Å². The van der Waals surface area contributed by atoms with Gasteiger partial charge in [0.15, 0.2) is 11.5 Å². The number of methoxy groups -OCH3 is 2. The van der Waals surface area contributed by atoms with Crippen LogP contribution >= 0.6 is 23.2 Å². The Hall–Kier alpha value is -2.00. The molecule has 0 spiro atoms. The van der Waals surface area contributed by atoms with Gasteiger partial charge in [-0.25, -0.2) is 8.42 Å². The van der Waals surface area contributed by atoms with Crippen LogP contribution in [0.3, 0.4) is 0 Å². The molecule has 10 heteroatoms. The zero-order valence-corrected chi connectivity index (χ0v) is 20.3. The fraction of sp³-hybridized carbons (Fsp3) is 0.409. The first kappa shape index (κ1) is 24.6. The molecule has 1 aliphatic rings. The molecular weight excluding hydrogens is 475 g/mol. The van der Waals surface area contributed by atoms with Gasteiger partial charge in [-0.15, -0.1) is 0 Å². The SMILES string of the molecule is COc1ccc(S(=O)(=O)N(CC(=O)Nc2ccc(Cl)cc2Cl)C2CCCCC2)cc1OC. The summed E-state index contributed by atoms with van der Waals surface area (Å²) in [4.78, 5) is 12.9. The zero-order chi connectivity index (χ0) is 23.3. The highest BCUT2D eigenvalue weighted by Gasteiger charge is 2.34. The molecule has 0 unspecified atom stereocenters. The maximum atomic E-state index is 13.6. The van der Waals surface area contributed by atoms with E-state index in [9.17, 15) is 13.2 Å². The smallest absolute Gasteiger partial charge is 0.243 e. The summed E-state index contributed by atoms with van der Waals surface area (Å²) in [5.74, 6) is 0.240. The maximum absolute atomic E-state index is 13.6. The molecule has 3 rings (SSSR count). The highest BCUT2D eigenvalue weighted by atomic mass is 35.5. The van der Waals surface area contributed by atoms with E-state index in [1.807, 2.05) is 0 Å². The van der Waals surface area contributed by atoms with E-state index in [0.29, 0.717) is 35.1 Å². The molecule has 174 valence electrons. The molecule has 1 fully saturated rings. The van der Waals surface area contributed by atoms with E-state index in [0.717, 1.165) is 19.3 Å². The van der Waals surface area contributed by atoms with Crippen LogP contribution < -0.4 is 14.8 Å². The molecule has 0 atom stereocenters. The van der Waals surface area contributed by atoms with Gasteiger partial charge in [-0.3, -0.25) is 4.79 Å². The Morgan fingerprint density at radius 3 is 2.34 bits per heavy atom. The Labute approximate surface area is 198 Å². The Morgan fingerprint density at radius 1 is 1.03 bits per heavy atom. The van der Waals surface area contributed by atoms with Crippen LogP contribution in [0, 0.1) is 0 Å². The van der Waals surface area contributed by atoms with Crippen LogP contribution in [0.15, 0.2) is 41.3 Å².